The van der Waals surface area contributed by atoms with Crippen molar-refractivity contribution in [3.63, 3.8) is 0 Å². The van der Waals surface area contributed by atoms with Gasteiger partial charge in [0.1, 0.15) is 6.61 Å². The monoisotopic (exact) mass is 513 g/mol. The summed E-state index contributed by atoms with van der Waals surface area (Å²) in [5.74, 6) is 0.00346. The zero-order valence-electron chi connectivity index (χ0n) is 19.7. The van der Waals surface area contributed by atoms with Crippen molar-refractivity contribution in [1.82, 2.24) is 5.32 Å². The van der Waals surface area contributed by atoms with Gasteiger partial charge in [0, 0.05) is 27.8 Å². The van der Waals surface area contributed by atoms with Gasteiger partial charge in [-0.2, -0.15) is 0 Å². The number of benzene rings is 4. The van der Waals surface area contributed by atoms with E-state index in [1.165, 1.54) is 34.0 Å². The Balaban J connectivity index is 1.27. The Kier molecular flexibility index (Phi) is 7.12. The maximum atomic E-state index is 12.7. The highest BCUT2D eigenvalue weighted by Crippen LogP contribution is 2.44. The average molecular weight is 514 g/mol. The first-order chi connectivity index (χ1) is 17.5. The molecule has 0 bridgehead atoms. The van der Waals surface area contributed by atoms with E-state index >= 15 is 0 Å². The van der Waals surface area contributed by atoms with Gasteiger partial charge in [-0.25, -0.2) is 4.79 Å². The van der Waals surface area contributed by atoms with E-state index in [0.29, 0.717) is 10.6 Å². The van der Waals surface area contributed by atoms with Crippen LogP contribution in [0.2, 0.25) is 5.02 Å². The topological polar surface area (TPSA) is 55.4 Å². The van der Waals surface area contributed by atoms with Crippen LogP contribution in [-0.4, -0.2) is 19.0 Å². The molecule has 1 aliphatic rings. The Morgan fingerprint density at radius 1 is 0.972 bits per heavy atom. The molecule has 0 aromatic heterocycles. The van der Waals surface area contributed by atoms with Crippen LogP contribution < -0.4 is 5.32 Å². The maximum Gasteiger partial charge on any atom is 0.407 e. The number of amides is 1. The molecule has 1 amide bonds. The summed E-state index contributed by atoms with van der Waals surface area (Å²) < 4.78 is 5.66. The van der Waals surface area contributed by atoms with Crippen molar-refractivity contribution in [2.24, 2.45) is 0 Å². The number of nitrogens with one attached hydrogen (secondary N) is 1. The molecule has 4 aromatic carbocycles. The molecule has 0 saturated carbocycles. The van der Waals surface area contributed by atoms with Gasteiger partial charge >= 0.3 is 6.09 Å². The Morgan fingerprint density at radius 3 is 2.36 bits per heavy atom. The van der Waals surface area contributed by atoms with Crippen LogP contribution in [0, 0.1) is 6.92 Å². The number of halogens is 1. The Morgan fingerprint density at radius 2 is 1.67 bits per heavy atom. The third kappa shape index (κ3) is 4.90. The number of aldehydes is 1. The highest BCUT2D eigenvalue weighted by molar-refractivity contribution is 7.99. The molecule has 36 heavy (non-hydrogen) atoms. The second-order valence-electron chi connectivity index (χ2n) is 8.67. The smallest absolute Gasteiger partial charge is 0.407 e. The molecule has 0 atom stereocenters. The summed E-state index contributed by atoms with van der Waals surface area (Å²) >= 11 is 7.93. The molecular weight excluding hydrogens is 490 g/mol. The lowest BCUT2D eigenvalue weighted by Crippen LogP contribution is -2.26. The summed E-state index contributed by atoms with van der Waals surface area (Å²) in [5.41, 5.74) is 7.18. The number of rotatable bonds is 7. The lowest BCUT2D eigenvalue weighted by Gasteiger charge is -2.16. The van der Waals surface area contributed by atoms with Gasteiger partial charge < -0.3 is 10.1 Å². The Hall–Kier alpha value is -3.54. The van der Waals surface area contributed by atoms with Crippen LogP contribution >= 0.6 is 23.4 Å². The second-order valence-corrected chi connectivity index (χ2v) is 10.1. The van der Waals surface area contributed by atoms with Gasteiger partial charge in [0.15, 0.2) is 6.29 Å². The van der Waals surface area contributed by atoms with E-state index in [0.717, 1.165) is 27.2 Å². The van der Waals surface area contributed by atoms with Crippen LogP contribution in [0.1, 0.15) is 38.5 Å². The number of hydrogen-bond donors (Lipinski definition) is 1. The molecule has 0 radical (unpaired) electrons. The fraction of sp³-hybridized carbons (Fsp3) is 0.133. The lowest BCUT2D eigenvalue weighted by atomic mass is 9.98. The zero-order chi connectivity index (χ0) is 25.1. The Labute approximate surface area is 219 Å². The predicted molar refractivity (Wildman–Crippen MR) is 144 cm³/mol. The first-order valence-corrected chi connectivity index (χ1v) is 12.8. The van der Waals surface area contributed by atoms with Crippen LogP contribution in [0.5, 0.6) is 0 Å². The molecule has 1 N–H and O–H groups in total. The number of hydrogen-bond acceptors (Lipinski definition) is 4. The minimum absolute atomic E-state index is 0.00346. The number of aryl methyl sites for hydroxylation is 1. The van der Waals surface area contributed by atoms with Gasteiger partial charge in [-0.15, -0.1) is 0 Å². The molecule has 1 aliphatic carbocycles. The molecule has 0 unspecified atom stereocenters. The van der Waals surface area contributed by atoms with Gasteiger partial charge in [0.05, 0.1) is 5.02 Å². The third-order valence-electron chi connectivity index (χ3n) is 6.32. The number of carbonyl (C=O) groups is 2. The van der Waals surface area contributed by atoms with Crippen LogP contribution in [-0.2, 0) is 11.3 Å². The summed E-state index contributed by atoms with van der Waals surface area (Å²) in [6, 6.07) is 27.8. The molecule has 0 fully saturated rings. The van der Waals surface area contributed by atoms with Gasteiger partial charge in [0.25, 0.3) is 0 Å². The van der Waals surface area contributed by atoms with E-state index in [-0.39, 0.29) is 19.1 Å². The average Bonchev–Trinajstić information content (AvgIpc) is 3.22. The van der Waals surface area contributed by atoms with Crippen molar-refractivity contribution < 1.29 is 14.3 Å². The number of ether oxygens (including phenoxy) is 1. The maximum absolute atomic E-state index is 12.7. The van der Waals surface area contributed by atoms with Crippen molar-refractivity contribution in [3.05, 3.63) is 118 Å². The van der Waals surface area contributed by atoms with Crippen molar-refractivity contribution in [3.8, 4) is 11.1 Å². The molecule has 0 saturated heterocycles. The molecule has 6 heteroatoms. The van der Waals surface area contributed by atoms with E-state index in [1.807, 2.05) is 61.5 Å². The summed E-state index contributed by atoms with van der Waals surface area (Å²) in [4.78, 5) is 25.8. The summed E-state index contributed by atoms with van der Waals surface area (Å²) in [7, 11) is 0. The predicted octanol–water partition coefficient (Wildman–Crippen LogP) is 7.65. The zero-order valence-corrected chi connectivity index (χ0v) is 21.2. The largest absolute Gasteiger partial charge is 0.449 e. The second kappa shape index (κ2) is 10.6. The first-order valence-electron chi connectivity index (χ1n) is 11.6. The highest BCUT2D eigenvalue weighted by Gasteiger charge is 2.29. The van der Waals surface area contributed by atoms with Gasteiger partial charge in [-0.3, -0.25) is 4.79 Å². The highest BCUT2D eigenvalue weighted by atomic mass is 35.5. The van der Waals surface area contributed by atoms with Crippen molar-refractivity contribution >= 4 is 35.7 Å². The molecule has 0 heterocycles. The number of carbonyl (C=O) groups excluding carboxylic acids is 2. The van der Waals surface area contributed by atoms with Crippen LogP contribution in [0.15, 0.2) is 94.7 Å². The normalized spacial score (nSPS) is 12.1. The summed E-state index contributed by atoms with van der Waals surface area (Å²) in [6.07, 6.45) is 0.359. The molecule has 5 rings (SSSR count). The number of alkyl carbamates (subject to hydrolysis) is 1. The van der Waals surface area contributed by atoms with Gasteiger partial charge in [-0.05, 0) is 52.9 Å². The van der Waals surface area contributed by atoms with E-state index in [9.17, 15) is 9.59 Å². The van der Waals surface area contributed by atoms with Crippen molar-refractivity contribution in [2.75, 3.05) is 6.61 Å². The molecule has 4 aromatic rings. The van der Waals surface area contributed by atoms with Crippen molar-refractivity contribution in [2.45, 2.75) is 29.2 Å². The van der Waals surface area contributed by atoms with E-state index in [1.54, 1.807) is 6.07 Å². The fourth-order valence-corrected chi connectivity index (χ4v) is 5.91. The minimum Gasteiger partial charge on any atom is -0.449 e. The molecule has 0 aliphatic heterocycles. The number of fused-ring (bicyclic) bond motifs is 3. The van der Waals surface area contributed by atoms with Gasteiger partial charge in [-0.1, -0.05) is 95.7 Å². The van der Waals surface area contributed by atoms with Crippen LogP contribution in [0.25, 0.3) is 11.1 Å². The first kappa shape index (κ1) is 24.2. The lowest BCUT2D eigenvalue weighted by molar-refractivity contribution is 0.112. The Bertz CT molecular complexity index is 1410. The van der Waals surface area contributed by atoms with Gasteiger partial charge in [0.2, 0.25) is 0 Å². The standard InChI is InChI=1S/C30H24ClNO3S/c1-19-13-14-28(21(15-19)17-33)36-29-20(7-6-12-27(29)31)16-32-30(34)35-18-26-24-10-4-2-8-22(24)23-9-3-5-11-25(23)26/h2-15,17,26H,16,18H2,1H3,(H,32,34). The minimum atomic E-state index is -0.489. The molecule has 180 valence electrons. The fourth-order valence-electron chi connectivity index (χ4n) is 4.59. The van der Waals surface area contributed by atoms with E-state index in [4.69, 9.17) is 16.3 Å². The van der Waals surface area contributed by atoms with E-state index < -0.39 is 6.09 Å². The van der Waals surface area contributed by atoms with Crippen LogP contribution in [0.3, 0.4) is 0 Å². The van der Waals surface area contributed by atoms with Crippen LogP contribution in [0.4, 0.5) is 4.79 Å². The summed E-state index contributed by atoms with van der Waals surface area (Å²) in [6.45, 7) is 2.45. The third-order valence-corrected chi connectivity index (χ3v) is 8.02. The SMILES string of the molecule is Cc1ccc(Sc2c(Cl)cccc2CNC(=O)OCC2c3ccccc3-c3ccccc32)c(C=O)c1. The molecule has 4 nitrogen and oxygen atoms in total. The van der Waals surface area contributed by atoms with E-state index in [2.05, 4.69) is 29.6 Å². The quantitative estimate of drug-likeness (QED) is 0.258. The molecule has 0 spiro atoms. The summed E-state index contributed by atoms with van der Waals surface area (Å²) in [5, 5.41) is 3.42. The van der Waals surface area contributed by atoms with Crippen molar-refractivity contribution in [1.29, 1.82) is 0 Å². The molecular formula is C30H24ClNO3S.